The molecule has 1 aromatic heterocycles. The summed E-state index contributed by atoms with van der Waals surface area (Å²) < 4.78 is 5.93. The van der Waals surface area contributed by atoms with Gasteiger partial charge in [-0.2, -0.15) is 11.3 Å². The predicted molar refractivity (Wildman–Crippen MR) is 95.2 cm³/mol. The highest BCUT2D eigenvalue weighted by molar-refractivity contribution is 7.07. The van der Waals surface area contributed by atoms with Gasteiger partial charge in [0, 0.05) is 17.7 Å². The van der Waals surface area contributed by atoms with Crippen LogP contribution in [0.4, 0.5) is 0 Å². The molecule has 1 amide bonds. The van der Waals surface area contributed by atoms with Gasteiger partial charge in [0.25, 0.3) is 5.91 Å². The van der Waals surface area contributed by atoms with Crippen LogP contribution in [0.3, 0.4) is 0 Å². The number of rotatable bonds is 4. The zero-order valence-corrected chi connectivity index (χ0v) is 14.5. The largest absolute Gasteiger partial charge is 0.489 e. The van der Waals surface area contributed by atoms with Crippen molar-refractivity contribution in [2.75, 3.05) is 13.1 Å². The van der Waals surface area contributed by atoms with Gasteiger partial charge in [-0.1, -0.05) is 6.07 Å². The molecule has 1 aliphatic heterocycles. The first-order valence-electron chi connectivity index (χ1n) is 7.91. The van der Waals surface area contributed by atoms with Gasteiger partial charge in [0.1, 0.15) is 12.4 Å². The molecule has 0 radical (unpaired) electrons. The van der Waals surface area contributed by atoms with Crippen LogP contribution < -0.4 is 5.46 Å². The summed E-state index contributed by atoms with van der Waals surface area (Å²) in [4.78, 5) is 25.7. The number of aldehydes is 1. The molecule has 2 unspecified atom stereocenters. The number of thiophene rings is 1. The second-order valence-electron chi connectivity index (χ2n) is 6.04. The van der Waals surface area contributed by atoms with Crippen LogP contribution in [0.15, 0.2) is 35.0 Å². The molecule has 2 aromatic rings. The Morgan fingerprint density at radius 1 is 1.36 bits per heavy atom. The molecule has 1 fully saturated rings. The first-order valence-corrected chi connectivity index (χ1v) is 8.86. The van der Waals surface area contributed by atoms with E-state index in [-0.39, 0.29) is 29.1 Å². The Morgan fingerprint density at radius 3 is 2.80 bits per heavy atom. The molecule has 0 aliphatic carbocycles. The second kappa shape index (κ2) is 7.49. The maximum Gasteiger partial charge on any atom is 0.489 e. The summed E-state index contributed by atoms with van der Waals surface area (Å²) in [6, 6.07) is 6.27. The van der Waals surface area contributed by atoms with Crippen molar-refractivity contribution in [3.8, 4) is 0 Å². The number of carbonyl (C=O) groups is 2. The van der Waals surface area contributed by atoms with E-state index in [1.54, 1.807) is 16.2 Å². The van der Waals surface area contributed by atoms with E-state index in [4.69, 9.17) is 4.74 Å². The molecule has 0 saturated carbocycles. The highest BCUT2D eigenvalue weighted by Crippen LogP contribution is 2.27. The minimum absolute atomic E-state index is 0.0815. The number of nitrogens with zero attached hydrogens (tertiary/aromatic N) is 1. The number of amides is 1. The lowest BCUT2D eigenvalue weighted by atomic mass is 9.76. The van der Waals surface area contributed by atoms with Crippen molar-refractivity contribution in [1.29, 1.82) is 0 Å². The monoisotopic (exact) mass is 359 g/mol. The highest BCUT2D eigenvalue weighted by atomic mass is 32.1. The van der Waals surface area contributed by atoms with E-state index in [1.807, 2.05) is 23.8 Å². The Morgan fingerprint density at radius 2 is 2.16 bits per heavy atom. The highest BCUT2D eigenvalue weighted by Gasteiger charge is 2.30. The van der Waals surface area contributed by atoms with Gasteiger partial charge in [-0.3, -0.25) is 9.59 Å². The fraction of sp³-hybridized carbons (Fsp3) is 0.294. The van der Waals surface area contributed by atoms with Crippen molar-refractivity contribution in [1.82, 2.24) is 4.90 Å². The van der Waals surface area contributed by atoms with Crippen LogP contribution >= 0.6 is 11.3 Å². The molecule has 6 nitrogen and oxygen atoms in total. The maximum absolute atomic E-state index is 12.8. The van der Waals surface area contributed by atoms with Crippen molar-refractivity contribution < 1.29 is 24.4 Å². The van der Waals surface area contributed by atoms with Crippen LogP contribution in [0.2, 0.25) is 0 Å². The Labute approximate surface area is 149 Å². The van der Waals surface area contributed by atoms with Crippen LogP contribution in [-0.2, 0) is 4.74 Å². The molecule has 0 bridgehead atoms. The smallest absolute Gasteiger partial charge is 0.423 e. The van der Waals surface area contributed by atoms with Gasteiger partial charge in [0.05, 0.1) is 12.6 Å². The van der Waals surface area contributed by atoms with E-state index in [1.165, 1.54) is 18.2 Å². The van der Waals surface area contributed by atoms with Crippen molar-refractivity contribution in [2.24, 2.45) is 0 Å². The number of benzene rings is 1. The molecular formula is C17H18BNO5S. The third kappa shape index (κ3) is 3.82. The first kappa shape index (κ1) is 17.8. The first-order chi connectivity index (χ1) is 12.0. The zero-order chi connectivity index (χ0) is 18.0. The van der Waals surface area contributed by atoms with Gasteiger partial charge in [-0.25, -0.2) is 0 Å². The van der Waals surface area contributed by atoms with Gasteiger partial charge in [-0.05, 0) is 46.9 Å². The summed E-state index contributed by atoms with van der Waals surface area (Å²) in [5, 5.41) is 22.5. The quantitative estimate of drug-likeness (QED) is 0.624. The van der Waals surface area contributed by atoms with Crippen LogP contribution in [-0.4, -0.2) is 53.5 Å². The minimum Gasteiger partial charge on any atom is -0.423 e. The predicted octanol–water partition coefficient (Wildman–Crippen LogP) is 0.843. The molecule has 0 spiro atoms. The normalized spacial score (nSPS) is 20.4. The molecule has 3 rings (SSSR count). The Bertz CT molecular complexity index is 764. The number of morpholine rings is 1. The average molecular weight is 359 g/mol. The molecule has 130 valence electrons. The van der Waals surface area contributed by atoms with E-state index < -0.39 is 7.12 Å². The fourth-order valence-electron chi connectivity index (χ4n) is 2.99. The van der Waals surface area contributed by atoms with Gasteiger partial charge in [0.15, 0.2) is 0 Å². The third-order valence-corrected chi connectivity index (χ3v) is 4.90. The maximum atomic E-state index is 12.8. The summed E-state index contributed by atoms with van der Waals surface area (Å²) in [6.07, 6.45) is 0.233. The molecule has 1 aromatic carbocycles. The lowest BCUT2D eigenvalue weighted by Crippen LogP contribution is -2.46. The van der Waals surface area contributed by atoms with Crippen LogP contribution in [0, 0.1) is 0 Å². The fourth-order valence-corrected chi connectivity index (χ4v) is 3.69. The number of carbonyl (C=O) groups excluding carboxylic acids is 2. The minimum atomic E-state index is -1.75. The van der Waals surface area contributed by atoms with E-state index in [9.17, 15) is 19.6 Å². The van der Waals surface area contributed by atoms with Gasteiger partial charge in [-0.15, -0.1) is 0 Å². The Balaban J connectivity index is 1.83. The van der Waals surface area contributed by atoms with E-state index >= 15 is 0 Å². The Hall–Kier alpha value is -2.00. The van der Waals surface area contributed by atoms with Gasteiger partial charge in [0.2, 0.25) is 0 Å². The number of hydrogen-bond donors (Lipinski definition) is 2. The zero-order valence-electron chi connectivity index (χ0n) is 13.7. The second-order valence-corrected chi connectivity index (χ2v) is 6.82. The van der Waals surface area contributed by atoms with Gasteiger partial charge >= 0.3 is 7.12 Å². The van der Waals surface area contributed by atoms with Crippen molar-refractivity contribution in [2.45, 2.75) is 19.1 Å². The van der Waals surface area contributed by atoms with Crippen molar-refractivity contribution in [3.63, 3.8) is 0 Å². The lowest BCUT2D eigenvalue weighted by Gasteiger charge is -2.36. The van der Waals surface area contributed by atoms with Crippen LogP contribution in [0.1, 0.15) is 39.3 Å². The standard InChI is InChI=1S/C17H18BNO5S/c1-11-7-19(8-16(24-11)13-4-5-25-10-13)17(21)12-2-3-15(18(22)23)14(6-12)9-20/h2-6,9-11,16,22-23H,7-8H2,1H3. The van der Waals surface area contributed by atoms with Crippen LogP contribution in [0.25, 0.3) is 0 Å². The van der Waals surface area contributed by atoms with Crippen molar-refractivity contribution in [3.05, 3.63) is 51.7 Å². The van der Waals surface area contributed by atoms with Crippen LogP contribution in [0.5, 0.6) is 0 Å². The average Bonchev–Trinajstić information content (AvgIpc) is 3.14. The molecule has 2 N–H and O–H groups in total. The lowest BCUT2D eigenvalue weighted by molar-refractivity contribution is -0.0690. The topological polar surface area (TPSA) is 87.1 Å². The summed E-state index contributed by atoms with van der Waals surface area (Å²) in [5.41, 5.74) is 1.56. The van der Waals surface area contributed by atoms with E-state index in [0.717, 1.165) is 5.56 Å². The molecule has 1 saturated heterocycles. The molecule has 8 heteroatoms. The van der Waals surface area contributed by atoms with Crippen molar-refractivity contribution >= 4 is 36.1 Å². The summed E-state index contributed by atoms with van der Waals surface area (Å²) >= 11 is 1.58. The SMILES string of the molecule is CC1CN(C(=O)c2ccc(B(O)O)c(C=O)c2)CC(c2ccsc2)O1. The van der Waals surface area contributed by atoms with Gasteiger partial charge < -0.3 is 19.7 Å². The number of hydrogen-bond acceptors (Lipinski definition) is 6. The molecular weight excluding hydrogens is 341 g/mol. The van der Waals surface area contributed by atoms with E-state index in [0.29, 0.717) is 24.9 Å². The summed E-state index contributed by atoms with van der Waals surface area (Å²) in [5.74, 6) is -0.211. The molecule has 2 atom stereocenters. The summed E-state index contributed by atoms with van der Waals surface area (Å²) in [6.45, 7) is 2.81. The summed E-state index contributed by atoms with van der Waals surface area (Å²) in [7, 11) is -1.75. The van der Waals surface area contributed by atoms with E-state index in [2.05, 4.69) is 0 Å². The Kier molecular flexibility index (Phi) is 5.34. The third-order valence-electron chi connectivity index (χ3n) is 4.20. The molecule has 2 heterocycles. The molecule has 1 aliphatic rings. The number of ether oxygens (including phenoxy) is 1. The molecule has 25 heavy (non-hydrogen) atoms.